The number of ether oxygens (including phenoxy) is 1. The average molecular weight is 256 g/mol. The molecule has 84 valence electrons. The highest BCUT2D eigenvalue weighted by molar-refractivity contribution is 7.80. The topological polar surface area (TPSA) is 29.5 Å². The summed E-state index contributed by atoms with van der Waals surface area (Å²) >= 11 is 10.6. The molecule has 0 radical (unpaired) electrons. The Morgan fingerprint density at radius 1 is 1.31 bits per heavy atom. The number of hydrogen-bond acceptors (Lipinski definition) is 3. The predicted molar refractivity (Wildman–Crippen MR) is 65.9 cm³/mol. The Labute approximate surface area is 104 Å². The number of fused-ring (bicyclic) bond motifs is 1. The third kappa shape index (κ3) is 1.96. The molecule has 1 aliphatic rings. The predicted octanol–water partition coefficient (Wildman–Crippen LogP) is 2.03. The highest BCUT2D eigenvalue weighted by Crippen LogP contribution is 2.22. The maximum Gasteiger partial charge on any atom is 0.259 e. The minimum absolute atomic E-state index is 0.0567. The molecule has 0 spiro atoms. The van der Waals surface area contributed by atoms with Crippen molar-refractivity contribution in [2.24, 2.45) is 0 Å². The van der Waals surface area contributed by atoms with Crippen molar-refractivity contribution in [2.45, 2.75) is 0 Å². The Hall–Kier alpha value is -0.970. The van der Waals surface area contributed by atoms with E-state index in [1.165, 1.54) is 0 Å². The maximum absolute atomic E-state index is 12.0. The minimum Gasteiger partial charge on any atom is -0.364 e. The van der Waals surface area contributed by atoms with E-state index >= 15 is 0 Å². The molecule has 1 heterocycles. The van der Waals surface area contributed by atoms with E-state index < -0.39 is 0 Å². The van der Waals surface area contributed by atoms with Crippen LogP contribution in [0.3, 0.4) is 0 Å². The summed E-state index contributed by atoms with van der Waals surface area (Å²) in [6.07, 6.45) is 0. The molecule has 3 nitrogen and oxygen atoms in total. The summed E-state index contributed by atoms with van der Waals surface area (Å²) in [7, 11) is 0. The molecule has 0 N–H and O–H groups in total. The second kappa shape index (κ2) is 4.91. The van der Waals surface area contributed by atoms with Crippen molar-refractivity contribution in [1.82, 2.24) is 4.90 Å². The average Bonchev–Trinajstić information content (AvgIpc) is 2.55. The molecular weight excluding hydrogens is 246 g/mol. The summed E-state index contributed by atoms with van der Waals surface area (Å²) in [5.41, 5.74) is 1.49. The summed E-state index contributed by atoms with van der Waals surface area (Å²) in [5.74, 6) is -0.0567. The smallest absolute Gasteiger partial charge is 0.259 e. The zero-order valence-electron chi connectivity index (χ0n) is 8.48. The first-order valence-corrected chi connectivity index (χ1v) is 5.79. The van der Waals surface area contributed by atoms with Crippen molar-refractivity contribution in [2.75, 3.05) is 19.2 Å². The molecule has 1 aliphatic heterocycles. The number of carbonyl (C=O) groups excluding carboxylic acids is 1. The van der Waals surface area contributed by atoms with E-state index in [1.807, 2.05) is 18.2 Å². The Morgan fingerprint density at radius 3 is 2.62 bits per heavy atom. The fourth-order valence-corrected chi connectivity index (χ4v) is 2.11. The van der Waals surface area contributed by atoms with Crippen LogP contribution in [-0.4, -0.2) is 35.0 Å². The van der Waals surface area contributed by atoms with Crippen LogP contribution in [0.2, 0.25) is 0 Å². The van der Waals surface area contributed by atoms with Gasteiger partial charge in [0.1, 0.15) is 11.1 Å². The summed E-state index contributed by atoms with van der Waals surface area (Å²) in [6.45, 7) is 0.836. The van der Waals surface area contributed by atoms with Gasteiger partial charge in [0.25, 0.3) is 5.91 Å². The molecule has 0 bridgehead atoms. The van der Waals surface area contributed by atoms with E-state index in [0.717, 1.165) is 5.56 Å². The van der Waals surface area contributed by atoms with Gasteiger partial charge in [0.2, 0.25) is 0 Å². The molecule has 0 saturated carbocycles. The first-order chi connectivity index (χ1) is 7.75. The van der Waals surface area contributed by atoms with E-state index in [0.29, 0.717) is 23.7 Å². The second-order valence-corrected chi connectivity index (χ2v) is 3.93. The first-order valence-electron chi connectivity index (χ1n) is 4.84. The number of thiocarbonyl (C=S) groups is 1. The number of rotatable bonds is 4. The van der Waals surface area contributed by atoms with Crippen molar-refractivity contribution in [1.29, 1.82) is 0 Å². The van der Waals surface area contributed by atoms with Gasteiger partial charge in [-0.3, -0.25) is 9.69 Å². The fourth-order valence-electron chi connectivity index (χ4n) is 1.65. The van der Waals surface area contributed by atoms with Crippen LogP contribution in [0.5, 0.6) is 0 Å². The quantitative estimate of drug-likeness (QED) is 0.468. The molecule has 0 saturated heterocycles. The van der Waals surface area contributed by atoms with Gasteiger partial charge in [-0.2, -0.15) is 0 Å². The molecule has 1 aromatic carbocycles. The van der Waals surface area contributed by atoms with E-state index in [2.05, 4.69) is 0 Å². The highest BCUT2D eigenvalue weighted by atomic mass is 35.5. The Bertz CT molecular complexity index is 401. The van der Waals surface area contributed by atoms with Gasteiger partial charge in [0, 0.05) is 5.56 Å². The summed E-state index contributed by atoms with van der Waals surface area (Å²) in [5, 5.41) is 0. The zero-order valence-corrected chi connectivity index (χ0v) is 10.1. The Balaban J connectivity index is 2.15. The van der Waals surface area contributed by atoms with Crippen LogP contribution in [0, 0.1) is 0 Å². The van der Waals surface area contributed by atoms with E-state index in [9.17, 15) is 4.79 Å². The van der Waals surface area contributed by atoms with Crippen LogP contribution in [-0.2, 0) is 4.74 Å². The third-order valence-corrected chi connectivity index (χ3v) is 3.01. The minimum atomic E-state index is -0.0567. The van der Waals surface area contributed by atoms with Crippen LogP contribution in [0.25, 0.3) is 0 Å². The number of alkyl halides is 1. The van der Waals surface area contributed by atoms with Gasteiger partial charge in [-0.1, -0.05) is 42.0 Å². The van der Waals surface area contributed by atoms with Crippen LogP contribution in [0.4, 0.5) is 0 Å². The maximum atomic E-state index is 12.0. The molecule has 0 fully saturated rings. The number of benzene rings is 1. The molecule has 5 heteroatoms. The second-order valence-electron chi connectivity index (χ2n) is 3.32. The van der Waals surface area contributed by atoms with Gasteiger partial charge in [0.05, 0.1) is 18.7 Å². The van der Waals surface area contributed by atoms with Gasteiger partial charge >= 0.3 is 0 Å². The van der Waals surface area contributed by atoms with Gasteiger partial charge in [0.15, 0.2) is 0 Å². The molecule has 1 aromatic rings. The molecule has 16 heavy (non-hydrogen) atoms. The number of carbonyl (C=O) groups is 1. The van der Waals surface area contributed by atoms with Crippen LogP contribution in [0.15, 0.2) is 24.3 Å². The third-order valence-electron chi connectivity index (χ3n) is 2.41. The van der Waals surface area contributed by atoms with Crippen LogP contribution < -0.4 is 0 Å². The first kappa shape index (κ1) is 11.5. The van der Waals surface area contributed by atoms with Gasteiger partial charge in [-0.15, -0.1) is 0 Å². The van der Waals surface area contributed by atoms with Crippen LogP contribution >= 0.6 is 23.8 Å². The summed E-state index contributed by atoms with van der Waals surface area (Å²) in [4.78, 5) is 14.1. The lowest BCUT2D eigenvalue weighted by Gasteiger charge is -2.15. The standard InChI is InChI=1S/C11H10ClNO2S/c12-7-15-6-5-13-10(14)8-3-1-2-4-9(8)11(13)16/h1-4H,5-7H2. The Kier molecular flexibility index (Phi) is 3.53. The fraction of sp³-hybridized carbons (Fsp3) is 0.273. The van der Waals surface area contributed by atoms with Gasteiger partial charge in [-0.05, 0) is 6.07 Å². The monoisotopic (exact) mass is 255 g/mol. The lowest BCUT2D eigenvalue weighted by Crippen LogP contribution is -2.32. The highest BCUT2D eigenvalue weighted by Gasteiger charge is 2.31. The largest absolute Gasteiger partial charge is 0.364 e. The normalized spacial score (nSPS) is 14.4. The van der Waals surface area contributed by atoms with E-state index in [1.54, 1.807) is 11.0 Å². The molecule has 0 atom stereocenters. The van der Waals surface area contributed by atoms with Crippen molar-refractivity contribution in [3.05, 3.63) is 35.4 Å². The van der Waals surface area contributed by atoms with Gasteiger partial charge in [-0.25, -0.2) is 0 Å². The summed E-state index contributed by atoms with van der Waals surface area (Å²) < 4.78 is 5.00. The number of amides is 1. The number of nitrogens with zero attached hydrogens (tertiary/aromatic N) is 1. The van der Waals surface area contributed by atoms with Crippen molar-refractivity contribution in [3.8, 4) is 0 Å². The lowest BCUT2D eigenvalue weighted by atomic mass is 10.1. The van der Waals surface area contributed by atoms with Crippen molar-refractivity contribution < 1.29 is 9.53 Å². The Morgan fingerprint density at radius 2 is 2.00 bits per heavy atom. The SMILES string of the molecule is O=C1c2ccccc2C(=S)N1CCOCCl. The lowest BCUT2D eigenvalue weighted by molar-refractivity contribution is 0.0817. The molecule has 2 rings (SSSR count). The van der Waals surface area contributed by atoms with Crippen molar-refractivity contribution >= 4 is 34.7 Å². The van der Waals surface area contributed by atoms with E-state index in [4.69, 9.17) is 28.6 Å². The molecule has 0 unspecified atom stereocenters. The molecule has 0 aliphatic carbocycles. The summed E-state index contributed by atoms with van der Waals surface area (Å²) in [6, 6.07) is 7.47. The van der Waals surface area contributed by atoms with Crippen molar-refractivity contribution in [3.63, 3.8) is 0 Å². The van der Waals surface area contributed by atoms with Crippen LogP contribution in [0.1, 0.15) is 15.9 Å². The van der Waals surface area contributed by atoms with E-state index in [-0.39, 0.29) is 12.0 Å². The molecule has 0 aromatic heterocycles. The molecular formula is C11H10ClNO2S. The number of hydrogen-bond donors (Lipinski definition) is 0. The molecule has 1 amide bonds. The number of halogens is 1. The van der Waals surface area contributed by atoms with Gasteiger partial charge < -0.3 is 4.74 Å². The zero-order chi connectivity index (χ0) is 11.5.